The van der Waals surface area contributed by atoms with Gasteiger partial charge in [0.25, 0.3) is 0 Å². The predicted molar refractivity (Wildman–Crippen MR) is 84.3 cm³/mol. The first-order chi connectivity index (χ1) is 11.2. The molecule has 0 bridgehead atoms. The summed E-state index contributed by atoms with van der Waals surface area (Å²) < 4.78 is 44.1. The number of ether oxygens (including phenoxy) is 1. The Morgan fingerprint density at radius 2 is 1.79 bits per heavy atom. The lowest BCUT2D eigenvalue weighted by molar-refractivity contribution is -0.137. The van der Waals surface area contributed by atoms with Gasteiger partial charge in [-0.25, -0.2) is 0 Å². The van der Waals surface area contributed by atoms with Crippen LogP contribution in [0.5, 0.6) is 5.75 Å². The number of hydrogen-bond acceptors (Lipinski definition) is 2. The van der Waals surface area contributed by atoms with Gasteiger partial charge in [-0.3, -0.25) is 4.79 Å². The molecule has 2 aromatic carbocycles. The van der Waals surface area contributed by atoms with Crippen molar-refractivity contribution in [3.8, 4) is 5.75 Å². The quantitative estimate of drug-likeness (QED) is 0.889. The highest BCUT2D eigenvalue weighted by Crippen LogP contribution is 2.47. The van der Waals surface area contributed by atoms with Crippen LogP contribution in [0.3, 0.4) is 0 Å². The Bertz CT molecular complexity index is 829. The van der Waals surface area contributed by atoms with Crippen LogP contribution in [0.25, 0.3) is 0 Å². The molecular weight excluding hydrogens is 319 g/mol. The van der Waals surface area contributed by atoms with Gasteiger partial charge in [-0.05, 0) is 37.6 Å². The fraction of sp³-hybridized carbons (Fsp3) is 0.278. The van der Waals surface area contributed by atoms with Crippen molar-refractivity contribution in [2.45, 2.75) is 25.4 Å². The number of benzene rings is 2. The van der Waals surface area contributed by atoms with Crippen LogP contribution >= 0.6 is 0 Å². The van der Waals surface area contributed by atoms with E-state index in [9.17, 15) is 18.0 Å². The van der Waals surface area contributed by atoms with E-state index in [0.29, 0.717) is 16.9 Å². The number of carbonyl (C=O) groups is 1. The molecule has 0 fully saturated rings. The largest absolute Gasteiger partial charge is 0.496 e. The van der Waals surface area contributed by atoms with Crippen molar-refractivity contribution >= 4 is 11.6 Å². The maximum atomic E-state index is 12.9. The molecule has 1 aliphatic rings. The summed E-state index contributed by atoms with van der Waals surface area (Å²) in [6, 6.07) is 8.76. The highest BCUT2D eigenvalue weighted by Gasteiger charge is 2.46. The van der Waals surface area contributed by atoms with Crippen molar-refractivity contribution in [1.82, 2.24) is 0 Å². The molecular formula is C18H16F3NO2. The third-order valence-corrected chi connectivity index (χ3v) is 4.48. The number of halogens is 3. The van der Waals surface area contributed by atoms with E-state index >= 15 is 0 Å². The average molecular weight is 335 g/mol. The van der Waals surface area contributed by atoms with E-state index < -0.39 is 17.2 Å². The maximum Gasteiger partial charge on any atom is 0.416 e. The smallest absolute Gasteiger partial charge is 0.416 e. The minimum atomic E-state index is -4.46. The molecule has 3 nitrogen and oxygen atoms in total. The van der Waals surface area contributed by atoms with E-state index in [-0.39, 0.29) is 11.6 Å². The van der Waals surface area contributed by atoms with Gasteiger partial charge in [0.1, 0.15) is 11.2 Å². The highest BCUT2D eigenvalue weighted by molar-refractivity contribution is 6.08. The molecule has 1 N–H and O–H groups in total. The van der Waals surface area contributed by atoms with E-state index in [0.717, 1.165) is 17.7 Å². The molecule has 0 saturated carbocycles. The van der Waals surface area contributed by atoms with Gasteiger partial charge in [-0.2, -0.15) is 13.2 Å². The molecule has 1 unspecified atom stereocenters. The van der Waals surface area contributed by atoms with Crippen molar-refractivity contribution < 1.29 is 22.7 Å². The van der Waals surface area contributed by atoms with Crippen LogP contribution in [0.1, 0.15) is 29.2 Å². The topological polar surface area (TPSA) is 38.3 Å². The van der Waals surface area contributed by atoms with E-state index in [1.165, 1.54) is 13.2 Å². The first kappa shape index (κ1) is 16.4. The molecule has 0 aromatic heterocycles. The lowest BCUT2D eigenvalue weighted by Gasteiger charge is -2.25. The molecule has 1 aliphatic heterocycles. The second kappa shape index (κ2) is 5.26. The van der Waals surface area contributed by atoms with E-state index in [1.54, 1.807) is 13.0 Å². The number of methoxy groups -OCH3 is 1. The number of fused-ring (bicyclic) bond motifs is 1. The van der Waals surface area contributed by atoms with Gasteiger partial charge in [0.2, 0.25) is 5.91 Å². The van der Waals surface area contributed by atoms with Crippen molar-refractivity contribution in [3.63, 3.8) is 0 Å². The van der Waals surface area contributed by atoms with Crippen LogP contribution in [0.15, 0.2) is 36.4 Å². The summed E-state index contributed by atoms with van der Waals surface area (Å²) in [6.07, 6.45) is -4.46. The van der Waals surface area contributed by atoms with Gasteiger partial charge in [-0.15, -0.1) is 0 Å². The number of rotatable bonds is 2. The van der Waals surface area contributed by atoms with E-state index in [2.05, 4.69) is 5.32 Å². The zero-order valence-electron chi connectivity index (χ0n) is 13.4. The number of anilines is 1. The third kappa shape index (κ3) is 2.33. The summed E-state index contributed by atoms with van der Waals surface area (Å²) in [6.45, 7) is 3.57. The SMILES string of the molecule is COc1ccc(C)cc1C1(C)C(=O)Nc2cc(C(F)(F)F)ccc21. The molecule has 1 atom stereocenters. The highest BCUT2D eigenvalue weighted by atomic mass is 19.4. The zero-order chi connectivity index (χ0) is 17.7. The monoisotopic (exact) mass is 335 g/mol. The Morgan fingerprint density at radius 3 is 2.42 bits per heavy atom. The van der Waals surface area contributed by atoms with Gasteiger partial charge in [0.05, 0.1) is 12.7 Å². The summed E-state index contributed by atoms with van der Waals surface area (Å²) >= 11 is 0. The molecule has 24 heavy (non-hydrogen) atoms. The first-order valence-corrected chi connectivity index (χ1v) is 7.36. The van der Waals surface area contributed by atoms with Crippen molar-refractivity contribution in [2.24, 2.45) is 0 Å². The Kier molecular flexibility index (Phi) is 3.59. The number of hydrogen-bond donors (Lipinski definition) is 1. The summed E-state index contributed by atoms with van der Waals surface area (Å²) in [5.41, 5.74) is 0.338. The number of aryl methyl sites for hydroxylation is 1. The minimum Gasteiger partial charge on any atom is -0.496 e. The van der Waals surface area contributed by atoms with Crippen LogP contribution in [0.4, 0.5) is 18.9 Å². The van der Waals surface area contributed by atoms with Crippen molar-refractivity contribution in [2.75, 3.05) is 12.4 Å². The van der Waals surface area contributed by atoms with Crippen LogP contribution < -0.4 is 10.1 Å². The van der Waals surface area contributed by atoms with Crippen LogP contribution in [0.2, 0.25) is 0 Å². The van der Waals surface area contributed by atoms with Crippen LogP contribution in [-0.2, 0) is 16.4 Å². The van der Waals surface area contributed by atoms with E-state index in [1.807, 2.05) is 19.1 Å². The molecule has 1 heterocycles. The maximum absolute atomic E-state index is 12.9. The lowest BCUT2D eigenvalue weighted by atomic mass is 9.76. The molecule has 0 radical (unpaired) electrons. The number of nitrogens with one attached hydrogen (secondary N) is 1. The summed E-state index contributed by atoms with van der Waals surface area (Å²) in [4.78, 5) is 12.6. The lowest BCUT2D eigenvalue weighted by Crippen LogP contribution is -2.32. The van der Waals surface area contributed by atoms with Crippen LogP contribution in [0, 0.1) is 6.92 Å². The Balaban J connectivity index is 2.21. The van der Waals surface area contributed by atoms with Gasteiger partial charge in [0, 0.05) is 11.3 Å². The van der Waals surface area contributed by atoms with Gasteiger partial charge < -0.3 is 10.1 Å². The average Bonchev–Trinajstić information content (AvgIpc) is 2.78. The standard InChI is InChI=1S/C18H16F3NO2/c1-10-4-7-15(24-3)13(8-10)17(2)12-6-5-11(18(19,20)21)9-14(12)22-16(17)23/h4-9H,1-3H3,(H,22,23). The fourth-order valence-corrected chi connectivity index (χ4v) is 3.11. The predicted octanol–water partition coefficient (Wildman–Crippen LogP) is 4.28. The van der Waals surface area contributed by atoms with Gasteiger partial charge >= 0.3 is 6.18 Å². The normalized spacial score (nSPS) is 19.8. The molecule has 126 valence electrons. The number of carbonyl (C=O) groups excluding carboxylic acids is 1. The molecule has 0 saturated heterocycles. The molecule has 6 heteroatoms. The molecule has 2 aromatic rings. The molecule has 1 amide bonds. The summed E-state index contributed by atoms with van der Waals surface area (Å²) in [7, 11) is 1.50. The Morgan fingerprint density at radius 1 is 1.08 bits per heavy atom. The Hall–Kier alpha value is -2.50. The first-order valence-electron chi connectivity index (χ1n) is 7.36. The molecule has 3 rings (SSSR count). The summed E-state index contributed by atoms with van der Waals surface area (Å²) in [5.74, 6) is 0.145. The van der Waals surface area contributed by atoms with E-state index in [4.69, 9.17) is 4.74 Å². The second-order valence-electron chi connectivity index (χ2n) is 6.04. The van der Waals surface area contributed by atoms with Gasteiger partial charge in [0.15, 0.2) is 0 Å². The van der Waals surface area contributed by atoms with Crippen LogP contribution in [-0.4, -0.2) is 13.0 Å². The van der Waals surface area contributed by atoms with Gasteiger partial charge in [-0.1, -0.05) is 23.8 Å². The summed E-state index contributed by atoms with van der Waals surface area (Å²) in [5, 5.41) is 2.58. The third-order valence-electron chi connectivity index (χ3n) is 4.48. The fourth-order valence-electron chi connectivity index (χ4n) is 3.11. The zero-order valence-corrected chi connectivity index (χ0v) is 13.4. The molecule has 0 aliphatic carbocycles. The minimum absolute atomic E-state index is 0.181. The molecule has 0 spiro atoms. The van der Waals surface area contributed by atoms with Crippen molar-refractivity contribution in [3.05, 3.63) is 58.7 Å². The van der Waals surface area contributed by atoms with Crippen molar-refractivity contribution in [1.29, 1.82) is 0 Å². The number of alkyl halides is 3. The number of amides is 1. The Labute approximate surface area is 137 Å². The second-order valence-corrected chi connectivity index (χ2v) is 6.04.